The van der Waals surface area contributed by atoms with E-state index < -0.39 is 5.97 Å². The van der Waals surface area contributed by atoms with Crippen LogP contribution in [0.15, 0.2) is 5.51 Å². The summed E-state index contributed by atoms with van der Waals surface area (Å²) in [7, 11) is 0. The molecule has 2 rings (SSSR count). The molecule has 1 aromatic heterocycles. The highest BCUT2D eigenvalue weighted by Crippen LogP contribution is 2.18. The van der Waals surface area contributed by atoms with E-state index in [2.05, 4.69) is 4.98 Å². The molecule has 86 valence electrons. The largest absolute Gasteiger partial charge is 0.477 e. The Morgan fingerprint density at radius 3 is 2.62 bits per heavy atom. The van der Waals surface area contributed by atoms with E-state index in [1.165, 1.54) is 5.51 Å². The molecular formula is C10H12N2O3S. The van der Waals surface area contributed by atoms with Gasteiger partial charge >= 0.3 is 5.97 Å². The first-order valence-corrected chi connectivity index (χ1v) is 6.04. The van der Waals surface area contributed by atoms with E-state index in [9.17, 15) is 9.59 Å². The second kappa shape index (κ2) is 4.61. The fourth-order valence-electron chi connectivity index (χ4n) is 1.80. The number of likely N-dealkylation sites (tertiary alicyclic amines) is 1. The highest BCUT2D eigenvalue weighted by Gasteiger charge is 2.25. The van der Waals surface area contributed by atoms with Crippen LogP contribution in [-0.4, -0.2) is 40.0 Å². The molecule has 1 aromatic rings. The van der Waals surface area contributed by atoms with E-state index in [0.717, 1.165) is 30.6 Å². The number of amides is 1. The van der Waals surface area contributed by atoms with Gasteiger partial charge < -0.3 is 10.0 Å². The van der Waals surface area contributed by atoms with Crippen molar-refractivity contribution in [2.75, 3.05) is 13.1 Å². The Morgan fingerprint density at radius 1 is 1.31 bits per heavy atom. The lowest BCUT2D eigenvalue weighted by Crippen LogP contribution is -2.36. The number of rotatable bonds is 2. The first-order valence-electron chi connectivity index (χ1n) is 5.16. The Labute approximate surface area is 96.7 Å². The lowest BCUT2D eigenvalue weighted by atomic mass is 10.1. The minimum atomic E-state index is -1.08. The van der Waals surface area contributed by atoms with Crippen LogP contribution < -0.4 is 0 Å². The Bertz CT molecular complexity index is 410. The first kappa shape index (κ1) is 11.1. The van der Waals surface area contributed by atoms with E-state index in [0.29, 0.717) is 13.1 Å². The fraction of sp³-hybridized carbons (Fsp3) is 0.500. The molecule has 1 aliphatic heterocycles. The van der Waals surface area contributed by atoms with Gasteiger partial charge in [-0.25, -0.2) is 9.78 Å². The SMILES string of the molecule is O=C(O)c1scnc1C(=O)N1CCCCC1. The summed E-state index contributed by atoms with van der Waals surface area (Å²) in [6.45, 7) is 1.41. The van der Waals surface area contributed by atoms with Crippen LogP contribution in [0, 0.1) is 0 Å². The fourth-order valence-corrected chi connectivity index (χ4v) is 2.41. The van der Waals surface area contributed by atoms with Gasteiger partial charge in [0.2, 0.25) is 0 Å². The molecule has 1 N–H and O–H groups in total. The van der Waals surface area contributed by atoms with Gasteiger partial charge in [0.15, 0.2) is 5.69 Å². The zero-order chi connectivity index (χ0) is 11.5. The van der Waals surface area contributed by atoms with E-state index >= 15 is 0 Å². The van der Waals surface area contributed by atoms with Crippen molar-refractivity contribution in [3.63, 3.8) is 0 Å². The van der Waals surface area contributed by atoms with Crippen molar-refractivity contribution in [2.24, 2.45) is 0 Å². The molecule has 6 heteroatoms. The zero-order valence-electron chi connectivity index (χ0n) is 8.68. The molecule has 0 atom stereocenters. The summed E-state index contributed by atoms with van der Waals surface area (Å²) in [5, 5.41) is 8.90. The van der Waals surface area contributed by atoms with Gasteiger partial charge in [0.05, 0.1) is 5.51 Å². The molecule has 0 spiro atoms. The topological polar surface area (TPSA) is 70.5 Å². The Kier molecular flexibility index (Phi) is 3.19. The summed E-state index contributed by atoms with van der Waals surface area (Å²) in [5.41, 5.74) is 1.49. The number of thiazole rings is 1. The number of piperidine rings is 1. The molecule has 1 aliphatic rings. The van der Waals surface area contributed by atoms with E-state index in [-0.39, 0.29) is 16.5 Å². The molecular weight excluding hydrogens is 228 g/mol. The van der Waals surface area contributed by atoms with Crippen LogP contribution in [0.1, 0.15) is 39.4 Å². The smallest absolute Gasteiger partial charge is 0.348 e. The number of hydrogen-bond acceptors (Lipinski definition) is 4. The van der Waals surface area contributed by atoms with Gasteiger partial charge in [-0.3, -0.25) is 4.79 Å². The van der Waals surface area contributed by atoms with E-state index in [4.69, 9.17) is 5.11 Å². The average Bonchev–Trinajstić information content (AvgIpc) is 2.78. The van der Waals surface area contributed by atoms with Gasteiger partial charge in [-0.05, 0) is 19.3 Å². The highest BCUT2D eigenvalue weighted by molar-refractivity contribution is 7.12. The number of aromatic nitrogens is 1. The molecule has 2 heterocycles. The second-order valence-corrected chi connectivity index (χ2v) is 4.54. The predicted molar refractivity (Wildman–Crippen MR) is 58.8 cm³/mol. The predicted octanol–water partition coefficient (Wildman–Crippen LogP) is 1.47. The highest BCUT2D eigenvalue weighted by atomic mass is 32.1. The van der Waals surface area contributed by atoms with Crippen LogP contribution in [0.4, 0.5) is 0 Å². The lowest BCUT2D eigenvalue weighted by molar-refractivity contribution is 0.0668. The van der Waals surface area contributed by atoms with Crippen molar-refractivity contribution in [2.45, 2.75) is 19.3 Å². The molecule has 5 nitrogen and oxygen atoms in total. The maximum absolute atomic E-state index is 12.0. The molecule has 0 aliphatic carbocycles. The van der Waals surface area contributed by atoms with Gasteiger partial charge in [-0.1, -0.05) is 0 Å². The molecule has 0 unspecified atom stereocenters. The molecule has 0 radical (unpaired) electrons. The molecule has 0 aromatic carbocycles. The van der Waals surface area contributed by atoms with Crippen molar-refractivity contribution in [3.05, 3.63) is 16.1 Å². The maximum atomic E-state index is 12.0. The number of nitrogens with zero attached hydrogens (tertiary/aromatic N) is 2. The summed E-state index contributed by atoms with van der Waals surface area (Å²) in [4.78, 5) is 28.4. The quantitative estimate of drug-likeness (QED) is 0.849. The van der Waals surface area contributed by atoms with E-state index in [1.807, 2.05) is 0 Å². The maximum Gasteiger partial charge on any atom is 0.348 e. The van der Waals surface area contributed by atoms with Gasteiger partial charge in [0.1, 0.15) is 4.88 Å². The van der Waals surface area contributed by atoms with Gasteiger partial charge in [0, 0.05) is 13.1 Å². The minimum absolute atomic E-state index is 0.0376. The van der Waals surface area contributed by atoms with Crippen LogP contribution in [0.5, 0.6) is 0 Å². The lowest BCUT2D eigenvalue weighted by Gasteiger charge is -2.26. The minimum Gasteiger partial charge on any atom is -0.477 e. The standard InChI is InChI=1S/C10H12N2O3S/c13-9(12-4-2-1-3-5-12)7-8(10(14)15)16-6-11-7/h6H,1-5H2,(H,14,15). The van der Waals surface area contributed by atoms with Crippen molar-refractivity contribution < 1.29 is 14.7 Å². The Balaban J connectivity index is 2.19. The molecule has 16 heavy (non-hydrogen) atoms. The number of aromatic carboxylic acids is 1. The van der Waals surface area contributed by atoms with Crippen molar-refractivity contribution in [3.8, 4) is 0 Å². The number of carboxylic acids is 1. The summed E-state index contributed by atoms with van der Waals surface area (Å²) in [6, 6.07) is 0. The van der Waals surface area contributed by atoms with Gasteiger partial charge in [-0.2, -0.15) is 0 Å². The molecule has 0 saturated carbocycles. The first-order chi connectivity index (χ1) is 7.70. The summed E-state index contributed by atoms with van der Waals surface area (Å²) < 4.78 is 0. The Hall–Kier alpha value is -1.43. The van der Waals surface area contributed by atoms with Crippen LogP contribution in [0.25, 0.3) is 0 Å². The molecule has 1 amide bonds. The molecule has 1 saturated heterocycles. The summed E-state index contributed by atoms with van der Waals surface area (Å²) in [6.07, 6.45) is 3.10. The number of carbonyl (C=O) groups excluding carboxylic acids is 1. The van der Waals surface area contributed by atoms with Crippen molar-refractivity contribution >= 4 is 23.2 Å². The third-order valence-corrected chi connectivity index (χ3v) is 3.42. The van der Waals surface area contributed by atoms with Crippen LogP contribution in [0.3, 0.4) is 0 Å². The monoisotopic (exact) mass is 240 g/mol. The zero-order valence-corrected chi connectivity index (χ0v) is 9.50. The van der Waals surface area contributed by atoms with Crippen LogP contribution in [-0.2, 0) is 0 Å². The van der Waals surface area contributed by atoms with Crippen molar-refractivity contribution in [1.29, 1.82) is 0 Å². The number of carbonyl (C=O) groups is 2. The second-order valence-electron chi connectivity index (χ2n) is 3.69. The molecule has 1 fully saturated rings. The third kappa shape index (κ3) is 2.06. The average molecular weight is 240 g/mol. The number of carboxylic acid groups (broad SMARTS) is 1. The normalized spacial score (nSPS) is 16.1. The van der Waals surface area contributed by atoms with Gasteiger partial charge in [-0.15, -0.1) is 11.3 Å². The van der Waals surface area contributed by atoms with Crippen LogP contribution >= 0.6 is 11.3 Å². The van der Waals surface area contributed by atoms with Crippen molar-refractivity contribution in [1.82, 2.24) is 9.88 Å². The Morgan fingerprint density at radius 2 is 2.00 bits per heavy atom. The van der Waals surface area contributed by atoms with Crippen LogP contribution in [0.2, 0.25) is 0 Å². The summed E-state index contributed by atoms with van der Waals surface area (Å²) in [5.74, 6) is -1.33. The van der Waals surface area contributed by atoms with E-state index in [1.54, 1.807) is 4.90 Å². The third-order valence-electron chi connectivity index (χ3n) is 2.61. The molecule has 0 bridgehead atoms. The van der Waals surface area contributed by atoms with Gasteiger partial charge in [0.25, 0.3) is 5.91 Å². The summed E-state index contributed by atoms with van der Waals surface area (Å²) >= 11 is 0.992. The number of hydrogen-bond donors (Lipinski definition) is 1.